The molecule has 6 heteroatoms. The third kappa shape index (κ3) is 4.56. The molecule has 0 saturated heterocycles. The maximum Gasteiger partial charge on any atom is 0.328 e. The summed E-state index contributed by atoms with van der Waals surface area (Å²) in [6, 6.07) is 12.5. The highest BCUT2D eigenvalue weighted by Crippen LogP contribution is 2.18. The summed E-state index contributed by atoms with van der Waals surface area (Å²) in [6.07, 6.45) is 0.290. The van der Waals surface area contributed by atoms with Crippen LogP contribution in [0.25, 0.3) is 0 Å². The van der Waals surface area contributed by atoms with Gasteiger partial charge in [0.2, 0.25) is 0 Å². The van der Waals surface area contributed by atoms with Gasteiger partial charge in [-0.3, -0.25) is 4.79 Å². The second-order valence-electron chi connectivity index (χ2n) is 4.90. The van der Waals surface area contributed by atoms with Gasteiger partial charge in [-0.15, -0.1) is 0 Å². The monoisotopic (exact) mass is 377 g/mol. The quantitative estimate of drug-likeness (QED) is 0.785. The maximum atomic E-state index is 12.3. The molecule has 23 heavy (non-hydrogen) atoms. The van der Waals surface area contributed by atoms with Gasteiger partial charge < -0.3 is 15.2 Å². The maximum absolute atomic E-state index is 12.3. The summed E-state index contributed by atoms with van der Waals surface area (Å²) in [4.78, 5) is 24.2. The molecule has 2 aromatic rings. The highest BCUT2D eigenvalue weighted by molar-refractivity contribution is 9.10. The van der Waals surface area contributed by atoms with Crippen LogP contribution in [0, 0.1) is 0 Å². The fourth-order valence-corrected chi connectivity index (χ4v) is 2.55. The van der Waals surface area contributed by atoms with E-state index in [1.54, 1.807) is 12.1 Å². The Balaban J connectivity index is 2.17. The van der Waals surface area contributed by atoms with Crippen molar-refractivity contribution >= 4 is 27.8 Å². The van der Waals surface area contributed by atoms with Crippen molar-refractivity contribution in [3.63, 3.8) is 0 Å². The summed E-state index contributed by atoms with van der Waals surface area (Å²) in [6.45, 7) is 0. The Hall–Kier alpha value is -2.34. The lowest BCUT2D eigenvalue weighted by Gasteiger charge is -2.17. The van der Waals surface area contributed by atoms with Gasteiger partial charge in [-0.1, -0.05) is 40.2 Å². The number of amides is 1. The topological polar surface area (TPSA) is 75.6 Å². The SMILES string of the molecule is COC(=O)[C@@H](Cc1ccccc1Br)NC(=O)c1cccc(O)c1. The molecule has 120 valence electrons. The summed E-state index contributed by atoms with van der Waals surface area (Å²) < 4.78 is 5.61. The predicted octanol–water partition coefficient (Wildman–Crippen LogP) is 2.67. The third-order valence-electron chi connectivity index (χ3n) is 3.28. The summed E-state index contributed by atoms with van der Waals surface area (Å²) in [5, 5.41) is 12.1. The lowest BCUT2D eigenvalue weighted by molar-refractivity contribution is -0.142. The Morgan fingerprint density at radius 3 is 2.61 bits per heavy atom. The number of rotatable bonds is 5. The zero-order valence-electron chi connectivity index (χ0n) is 12.5. The molecule has 0 spiro atoms. The molecule has 0 aromatic heterocycles. The number of esters is 1. The van der Waals surface area contributed by atoms with E-state index < -0.39 is 17.9 Å². The number of aromatic hydroxyl groups is 1. The van der Waals surface area contributed by atoms with Gasteiger partial charge in [0.15, 0.2) is 0 Å². The first-order chi connectivity index (χ1) is 11.0. The van der Waals surface area contributed by atoms with Crippen LogP contribution in [0.5, 0.6) is 5.75 Å². The number of hydrogen-bond acceptors (Lipinski definition) is 4. The van der Waals surface area contributed by atoms with Gasteiger partial charge in [0, 0.05) is 16.5 Å². The predicted molar refractivity (Wildman–Crippen MR) is 89.2 cm³/mol. The van der Waals surface area contributed by atoms with Gasteiger partial charge in [0.1, 0.15) is 11.8 Å². The molecule has 0 aliphatic heterocycles. The number of halogens is 1. The average molecular weight is 378 g/mol. The van der Waals surface area contributed by atoms with E-state index >= 15 is 0 Å². The molecule has 0 radical (unpaired) electrons. The lowest BCUT2D eigenvalue weighted by Crippen LogP contribution is -2.43. The summed E-state index contributed by atoms with van der Waals surface area (Å²) >= 11 is 3.42. The molecule has 0 aliphatic rings. The average Bonchev–Trinajstić information content (AvgIpc) is 2.55. The number of carbonyl (C=O) groups is 2. The van der Waals surface area contributed by atoms with Crippen LogP contribution in [-0.4, -0.2) is 30.1 Å². The molecule has 0 aliphatic carbocycles. The number of ether oxygens (including phenoxy) is 1. The molecule has 0 saturated carbocycles. The molecule has 2 N–H and O–H groups in total. The van der Waals surface area contributed by atoms with Crippen LogP contribution in [0.2, 0.25) is 0 Å². The second-order valence-corrected chi connectivity index (χ2v) is 5.75. The fourth-order valence-electron chi connectivity index (χ4n) is 2.11. The number of methoxy groups -OCH3 is 1. The Morgan fingerprint density at radius 1 is 1.22 bits per heavy atom. The molecule has 0 fully saturated rings. The lowest BCUT2D eigenvalue weighted by atomic mass is 10.1. The molecule has 0 bridgehead atoms. The molecular weight excluding hydrogens is 362 g/mol. The van der Waals surface area contributed by atoms with Gasteiger partial charge in [-0.05, 0) is 29.8 Å². The van der Waals surface area contributed by atoms with Crippen LogP contribution in [0.4, 0.5) is 0 Å². The highest BCUT2D eigenvalue weighted by atomic mass is 79.9. The summed E-state index contributed by atoms with van der Waals surface area (Å²) in [7, 11) is 1.27. The first-order valence-electron chi connectivity index (χ1n) is 6.92. The van der Waals surface area contributed by atoms with Crippen molar-refractivity contribution in [2.24, 2.45) is 0 Å². The zero-order chi connectivity index (χ0) is 16.8. The van der Waals surface area contributed by atoms with Crippen molar-refractivity contribution in [1.29, 1.82) is 0 Å². The van der Waals surface area contributed by atoms with Crippen molar-refractivity contribution < 1.29 is 19.4 Å². The standard InChI is InChI=1S/C17H16BrNO4/c1-23-17(22)15(10-11-5-2-3-8-14(11)18)19-16(21)12-6-4-7-13(20)9-12/h2-9,15,20H,10H2,1H3,(H,19,21)/t15-/m1/s1. The number of benzene rings is 2. The van der Waals surface area contributed by atoms with Crippen molar-refractivity contribution in [3.05, 3.63) is 64.1 Å². The van der Waals surface area contributed by atoms with Crippen molar-refractivity contribution in [2.75, 3.05) is 7.11 Å². The Labute approximate surface area is 142 Å². The number of phenolic OH excluding ortho intramolecular Hbond substituents is 1. The van der Waals surface area contributed by atoms with Crippen LogP contribution >= 0.6 is 15.9 Å². The van der Waals surface area contributed by atoms with Crippen molar-refractivity contribution in [1.82, 2.24) is 5.32 Å². The second kappa shape index (κ2) is 7.78. The van der Waals surface area contributed by atoms with E-state index in [1.165, 1.54) is 19.2 Å². The molecule has 2 aromatic carbocycles. The minimum absolute atomic E-state index is 0.0157. The molecule has 0 heterocycles. The molecule has 1 amide bonds. The Morgan fingerprint density at radius 2 is 1.96 bits per heavy atom. The normalized spacial score (nSPS) is 11.6. The zero-order valence-corrected chi connectivity index (χ0v) is 14.0. The van der Waals surface area contributed by atoms with Crippen LogP contribution in [0.3, 0.4) is 0 Å². The minimum atomic E-state index is -0.825. The van der Waals surface area contributed by atoms with Crippen molar-refractivity contribution in [3.8, 4) is 5.75 Å². The number of phenols is 1. The molecule has 5 nitrogen and oxygen atoms in total. The fraction of sp³-hybridized carbons (Fsp3) is 0.176. The van der Waals surface area contributed by atoms with E-state index in [4.69, 9.17) is 4.74 Å². The van der Waals surface area contributed by atoms with Gasteiger partial charge in [-0.25, -0.2) is 4.79 Å². The first kappa shape index (κ1) is 17.0. The number of hydrogen-bond donors (Lipinski definition) is 2. The minimum Gasteiger partial charge on any atom is -0.508 e. The third-order valence-corrected chi connectivity index (χ3v) is 4.05. The van der Waals surface area contributed by atoms with Crippen LogP contribution in [0.15, 0.2) is 53.0 Å². The summed E-state index contributed by atoms with van der Waals surface area (Å²) in [5.41, 5.74) is 1.14. The van der Waals surface area contributed by atoms with Gasteiger partial charge in [0.05, 0.1) is 7.11 Å². The number of nitrogens with one attached hydrogen (secondary N) is 1. The summed E-state index contributed by atoms with van der Waals surface area (Å²) in [5.74, 6) is -1.00. The molecule has 0 unspecified atom stereocenters. The van der Waals surface area contributed by atoms with E-state index in [9.17, 15) is 14.7 Å². The van der Waals surface area contributed by atoms with E-state index in [0.717, 1.165) is 10.0 Å². The smallest absolute Gasteiger partial charge is 0.328 e. The van der Waals surface area contributed by atoms with Crippen LogP contribution in [0.1, 0.15) is 15.9 Å². The Kier molecular flexibility index (Phi) is 5.76. The largest absolute Gasteiger partial charge is 0.508 e. The van der Waals surface area contributed by atoms with Crippen LogP contribution < -0.4 is 5.32 Å². The highest BCUT2D eigenvalue weighted by Gasteiger charge is 2.23. The molecule has 2 rings (SSSR count). The van der Waals surface area contributed by atoms with E-state index in [-0.39, 0.29) is 11.3 Å². The van der Waals surface area contributed by atoms with E-state index in [1.807, 2.05) is 24.3 Å². The molecular formula is C17H16BrNO4. The first-order valence-corrected chi connectivity index (χ1v) is 7.71. The van der Waals surface area contributed by atoms with Crippen molar-refractivity contribution in [2.45, 2.75) is 12.5 Å². The van der Waals surface area contributed by atoms with Gasteiger partial charge >= 0.3 is 5.97 Å². The van der Waals surface area contributed by atoms with Gasteiger partial charge in [0.25, 0.3) is 5.91 Å². The van der Waals surface area contributed by atoms with Gasteiger partial charge in [-0.2, -0.15) is 0 Å². The van der Waals surface area contributed by atoms with Crippen LogP contribution in [-0.2, 0) is 16.0 Å². The van der Waals surface area contributed by atoms with E-state index in [0.29, 0.717) is 6.42 Å². The Bertz CT molecular complexity index is 717. The van der Waals surface area contributed by atoms with E-state index in [2.05, 4.69) is 21.2 Å². The molecule has 1 atom stereocenters. The number of carbonyl (C=O) groups excluding carboxylic acids is 2.